The molecule has 2 atom stereocenters. The summed E-state index contributed by atoms with van der Waals surface area (Å²) in [5, 5.41) is 9.47. The number of aryl methyl sites for hydroxylation is 1. The molecule has 0 spiro atoms. The quantitative estimate of drug-likeness (QED) is 0.908. The molecule has 0 radical (unpaired) electrons. The van der Waals surface area contributed by atoms with E-state index in [1.54, 1.807) is 12.0 Å². The van der Waals surface area contributed by atoms with Gasteiger partial charge in [-0.05, 0) is 43.9 Å². The fourth-order valence-electron chi connectivity index (χ4n) is 2.73. The maximum Gasteiger partial charge on any atom is 0.251 e. The molecule has 4 nitrogen and oxygen atoms in total. The van der Waals surface area contributed by atoms with Crippen molar-refractivity contribution >= 4 is 5.91 Å². The number of ether oxygens (including phenoxy) is 1. The van der Waals surface area contributed by atoms with E-state index in [9.17, 15) is 9.90 Å². The third-order valence-electron chi connectivity index (χ3n) is 3.70. The number of hydrogen-bond acceptors (Lipinski definition) is 3. The van der Waals surface area contributed by atoms with E-state index >= 15 is 0 Å². The minimum Gasteiger partial charge on any atom is -0.496 e. The summed E-state index contributed by atoms with van der Waals surface area (Å²) in [6, 6.07) is 6.08. The van der Waals surface area contributed by atoms with Crippen molar-refractivity contribution in [1.29, 1.82) is 0 Å². The molecule has 1 fully saturated rings. The van der Waals surface area contributed by atoms with Crippen LogP contribution in [-0.2, 0) is 4.79 Å². The zero-order chi connectivity index (χ0) is 14.0. The highest BCUT2D eigenvalue weighted by Gasteiger charge is 2.31. The van der Waals surface area contributed by atoms with E-state index in [1.165, 1.54) is 6.92 Å². The van der Waals surface area contributed by atoms with Gasteiger partial charge in [-0.15, -0.1) is 0 Å². The first kappa shape index (κ1) is 13.9. The van der Waals surface area contributed by atoms with Gasteiger partial charge >= 0.3 is 0 Å². The summed E-state index contributed by atoms with van der Waals surface area (Å²) >= 11 is 0. The Morgan fingerprint density at radius 3 is 2.84 bits per heavy atom. The molecule has 1 aliphatic heterocycles. The van der Waals surface area contributed by atoms with E-state index in [1.807, 2.05) is 19.1 Å². The van der Waals surface area contributed by atoms with Gasteiger partial charge in [-0.2, -0.15) is 0 Å². The van der Waals surface area contributed by atoms with Gasteiger partial charge in [-0.1, -0.05) is 12.1 Å². The Morgan fingerprint density at radius 1 is 1.53 bits per heavy atom. The number of amides is 1. The molecule has 104 valence electrons. The molecule has 0 saturated carbocycles. The number of aliphatic hydroxyl groups is 1. The second-order valence-corrected chi connectivity index (χ2v) is 5.09. The van der Waals surface area contributed by atoms with E-state index in [0.29, 0.717) is 0 Å². The van der Waals surface area contributed by atoms with Gasteiger partial charge in [-0.3, -0.25) is 4.79 Å². The topological polar surface area (TPSA) is 49.8 Å². The van der Waals surface area contributed by atoms with Crippen molar-refractivity contribution in [1.82, 2.24) is 4.90 Å². The smallest absolute Gasteiger partial charge is 0.251 e. The number of methoxy groups -OCH3 is 1. The van der Waals surface area contributed by atoms with E-state index in [-0.39, 0.29) is 11.9 Å². The first-order chi connectivity index (χ1) is 9.04. The summed E-state index contributed by atoms with van der Waals surface area (Å²) in [4.78, 5) is 13.8. The molecule has 19 heavy (non-hydrogen) atoms. The SMILES string of the molecule is COc1ccc([C@@H]2CCCN2C(=O)[C@@H](C)O)cc1C. The lowest BCUT2D eigenvalue weighted by atomic mass is 10.0. The maximum atomic E-state index is 12.0. The summed E-state index contributed by atoms with van der Waals surface area (Å²) in [6.45, 7) is 4.24. The molecule has 1 aromatic carbocycles. The maximum absolute atomic E-state index is 12.0. The summed E-state index contributed by atoms with van der Waals surface area (Å²) in [6.07, 6.45) is 0.998. The summed E-state index contributed by atoms with van der Waals surface area (Å²) in [5.74, 6) is 0.672. The number of nitrogens with zero attached hydrogens (tertiary/aromatic N) is 1. The number of hydrogen-bond donors (Lipinski definition) is 1. The van der Waals surface area contributed by atoms with Gasteiger partial charge in [0.15, 0.2) is 0 Å². The van der Waals surface area contributed by atoms with Crippen molar-refractivity contribution in [3.05, 3.63) is 29.3 Å². The average molecular weight is 263 g/mol. The molecular formula is C15H21NO3. The molecule has 2 rings (SSSR count). The number of likely N-dealkylation sites (tertiary alicyclic amines) is 1. The zero-order valence-corrected chi connectivity index (χ0v) is 11.7. The van der Waals surface area contributed by atoms with Crippen molar-refractivity contribution < 1.29 is 14.6 Å². The van der Waals surface area contributed by atoms with Gasteiger partial charge in [0.05, 0.1) is 13.2 Å². The van der Waals surface area contributed by atoms with Crippen LogP contribution in [0.2, 0.25) is 0 Å². The number of rotatable bonds is 3. The monoisotopic (exact) mass is 263 g/mol. The molecule has 1 heterocycles. The summed E-state index contributed by atoms with van der Waals surface area (Å²) < 4.78 is 5.25. The predicted molar refractivity (Wildman–Crippen MR) is 73.1 cm³/mol. The predicted octanol–water partition coefficient (Wildman–Crippen LogP) is 2.05. The van der Waals surface area contributed by atoms with Crippen molar-refractivity contribution in [3.63, 3.8) is 0 Å². The summed E-state index contributed by atoms with van der Waals surface area (Å²) in [5.41, 5.74) is 2.18. The molecule has 0 bridgehead atoms. The van der Waals surface area contributed by atoms with Gasteiger partial charge in [0.2, 0.25) is 0 Å². The molecule has 1 aromatic rings. The molecule has 0 aromatic heterocycles. The Hall–Kier alpha value is -1.55. The molecule has 0 unspecified atom stereocenters. The molecule has 1 saturated heterocycles. The minimum absolute atomic E-state index is 0.0757. The fourth-order valence-corrected chi connectivity index (χ4v) is 2.73. The van der Waals surface area contributed by atoms with Crippen LogP contribution < -0.4 is 4.74 Å². The van der Waals surface area contributed by atoms with Crippen molar-refractivity contribution in [3.8, 4) is 5.75 Å². The second-order valence-electron chi connectivity index (χ2n) is 5.09. The highest BCUT2D eigenvalue weighted by molar-refractivity contribution is 5.81. The Bertz CT molecular complexity index is 470. The van der Waals surface area contributed by atoms with Crippen LogP contribution in [0.3, 0.4) is 0 Å². The lowest BCUT2D eigenvalue weighted by Crippen LogP contribution is -2.37. The second kappa shape index (κ2) is 5.61. The van der Waals surface area contributed by atoms with Crippen LogP contribution in [0.4, 0.5) is 0 Å². The highest BCUT2D eigenvalue weighted by atomic mass is 16.5. The molecular weight excluding hydrogens is 242 g/mol. The van der Waals surface area contributed by atoms with Crippen molar-refractivity contribution in [2.75, 3.05) is 13.7 Å². The highest BCUT2D eigenvalue weighted by Crippen LogP contribution is 2.34. The number of carbonyl (C=O) groups excluding carboxylic acids is 1. The van der Waals surface area contributed by atoms with Gasteiger partial charge in [0, 0.05) is 6.54 Å². The van der Waals surface area contributed by atoms with Crippen LogP contribution in [0.5, 0.6) is 5.75 Å². The minimum atomic E-state index is -0.931. The molecule has 4 heteroatoms. The van der Waals surface area contributed by atoms with E-state index in [2.05, 4.69) is 6.07 Å². The zero-order valence-electron chi connectivity index (χ0n) is 11.7. The Labute approximate surface area is 114 Å². The van der Waals surface area contributed by atoms with Crippen LogP contribution in [0, 0.1) is 6.92 Å². The molecule has 0 aliphatic carbocycles. The van der Waals surface area contributed by atoms with Gasteiger partial charge in [-0.25, -0.2) is 0 Å². The number of aliphatic hydroxyl groups excluding tert-OH is 1. The average Bonchev–Trinajstić information content (AvgIpc) is 2.86. The fraction of sp³-hybridized carbons (Fsp3) is 0.533. The third-order valence-corrected chi connectivity index (χ3v) is 3.70. The standard InChI is InChI=1S/C15H21NO3/c1-10-9-12(6-7-14(10)19-3)13-5-4-8-16(13)15(18)11(2)17/h6-7,9,11,13,17H,4-5,8H2,1-3H3/t11-,13+/m1/s1. The van der Waals surface area contributed by atoms with Crippen LogP contribution in [0.15, 0.2) is 18.2 Å². The van der Waals surface area contributed by atoms with Crippen LogP contribution in [0.25, 0.3) is 0 Å². The van der Waals surface area contributed by atoms with Crippen molar-refractivity contribution in [2.45, 2.75) is 38.8 Å². The molecule has 1 amide bonds. The third kappa shape index (κ3) is 2.73. The van der Waals surface area contributed by atoms with Crippen LogP contribution in [-0.4, -0.2) is 35.7 Å². The Kier molecular flexibility index (Phi) is 4.10. The largest absolute Gasteiger partial charge is 0.496 e. The van der Waals surface area contributed by atoms with Gasteiger partial charge in [0.25, 0.3) is 5.91 Å². The van der Waals surface area contributed by atoms with Gasteiger partial charge in [0.1, 0.15) is 11.9 Å². The lowest BCUT2D eigenvalue weighted by Gasteiger charge is -2.26. The van der Waals surface area contributed by atoms with Crippen molar-refractivity contribution in [2.24, 2.45) is 0 Å². The first-order valence-corrected chi connectivity index (χ1v) is 6.67. The summed E-state index contributed by atoms with van der Waals surface area (Å²) in [7, 11) is 1.65. The Balaban J connectivity index is 2.25. The number of benzene rings is 1. The lowest BCUT2D eigenvalue weighted by molar-refractivity contribution is -0.140. The normalized spacial score (nSPS) is 20.4. The van der Waals surface area contributed by atoms with Crippen LogP contribution in [0.1, 0.15) is 36.9 Å². The number of carbonyl (C=O) groups is 1. The van der Waals surface area contributed by atoms with Crippen LogP contribution >= 0.6 is 0 Å². The molecule has 1 N–H and O–H groups in total. The molecule has 1 aliphatic rings. The Morgan fingerprint density at radius 2 is 2.26 bits per heavy atom. The first-order valence-electron chi connectivity index (χ1n) is 6.67. The van der Waals surface area contributed by atoms with Gasteiger partial charge < -0.3 is 14.7 Å². The van der Waals surface area contributed by atoms with E-state index < -0.39 is 6.10 Å². The van der Waals surface area contributed by atoms with E-state index in [4.69, 9.17) is 4.74 Å². The van der Waals surface area contributed by atoms with E-state index in [0.717, 1.165) is 36.3 Å².